The molecular formula is C27H28O3. The fourth-order valence-electron chi connectivity index (χ4n) is 4.51. The van der Waals surface area contributed by atoms with E-state index in [0.29, 0.717) is 11.3 Å². The average Bonchev–Trinajstić information content (AvgIpc) is 2.80. The van der Waals surface area contributed by atoms with E-state index in [1.54, 1.807) is 19.2 Å². The van der Waals surface area contributed by atoms with Gasteiger partial charge in [0.25, 0.3) is 0 Å². The molecule has 0 atom stereocenters. The van der Waals surface area contributed by atoms with Crippen molar-refractivity contribution in [3.8, 4) is 11.5 Å². The molecule has 30 heavy (non-hydrogen) atoms. The predicted octanol–water partition coefficient (Wildman–Crippen LogP) is 6.47. The van der Waals surface area contributed by atoms with Crippen molar-refractivity contribution in [3.05, 3.63) is 95.1 Å². The maximum atomic E-state index is 12.4. The SMILES string of the molecule is COc1ccc(C2(c3ccc(OC(=O)c4ccc(C)cc4)cc3)CCCCC2)cc1. The molecule has 3 aromatic rings. The van der Waals surface area contributed by atoms with Crippen LogP contribution in [0, 0.1) is 6.92 Å². The lowest BCUT2D eigenvalue weighted by atomic mass is 9.65. The minimum absolute atomic E-state index is 0.00399. The molecule has 3 nitrogen and oxygen atoms in total. The molecule has 0 N–H and O–H groups in total. The Kier molecular flexibility index (Phi) is 5.89. The highest BCUT2D eigenvalue weighted by Crippen LogP contribution is 2.45. The van der Waals surface area contributed by atoms with E-state index in [-0.39, 0.29) is 11.4 Å². The Morgan fingerprint density at radius 2 is 1.27 bits per heavy atom. The molecule has 0 saturated heterocycles. The van der Waals surface area contributed by atoms with Crippen LogP contribution in [0.4, 0.5) is 0 Å². The van der Waals surface area contributed by atoms with Gasteiger partial charge in [-0.1, -0.05) is 61.2 Å². The zero-order valence-corrected chi connectivity index (χ0v) is 17.7. The number of benzene rings is 3. The molecule has 0 bridgehead atoms. The number of aryl methyl sites for hydroxylation is 1. The van der Waals surface area contributed by atoms with Crippen molar-refractivity contribution < 1.29 is 14.3 Å². The van der Waals surface area contributed by atoms with Crippen LogP contribution in [0.25, 0.3) is 0 Å². The zero-order valence-electron chi connectivity index (χ0n) is 17.7. The normalized spacial score (nSPS) is 15.4. The second kappa shape index (κ2) is 8.74. The Morgan fingerprint density at radius 3 is 1.80 bits per heavy atom. The monoisotopic (exact) mass is 400 g/mol. The fourth-order valence-corrected chi connectivity index (χ4v) is 4.51. The van der Waals surface area contributed by atoms with Crippen LogP contribution in [0.3, 0.4) is 0 Å². The van der Waals surface area contributed by atoms with Gasteiger partial charge in [-0.25, -0.2) is 4.79 Å². The van der Waals surface area contributed by atoms with Gasteiger partial charge in [-0.05, 0) is 67.3 Å². The Hall–Kier alpha value is -3.07. The van der Waals surface area contributed by atoms with E-state index < -0.39 is 0 Å². The molecular weight excluding hydrogens is 372 g/mol. The van der Waals surface area contributed by atoms with Crippen LogP contribution in [0.2, 0.25) is 0 Å². The Labute approximate surface area is 178 Å². The molecule has 0 aromatic heterocycles. The molecule has 0 amide bonds. The van der Waals surface area contributed by atoms with E-state index in [1.807, 2.05) is 43.3 Å². The van der Waals surface area contributed by atoms with Crippen LogP contribution in [-0.4, -0.2) is 13.1 Å². The topological polar surface area (TPSA) is 35.5 Å². The van der Waals surface area contributed by atoms with E-state index >= 15 is 0 Å². The number of esters is 1. The molecule has 1 aliphatic rings. The summed E-state index contributed by atoms with van der Waals surface area (Å²) in [4.78, 5) is 12.4. The number of ether oxygens (including phenoxy) is 2. The first kappa shape index (κ1) is 20.2. The second-order valence-electron chi connectivity index (χ2n) is 8.15. The van der Waals surface area contributed by atoms with E-state index in [2.05, 4.69) is 24.3 Å². The molecule has 1 saturated carbocycles. The van der Waals surface area contributed by atoms with Crippen LogP contribution in [0.5, 0.6) is 11.5 Å². The predicted molar refractivity (Wildman–Crippen MR) is 119 cm³/mol. The number of methoxy groups -OCH3 is 1. The summed E-state index contributed by atoms with van der Waals surface area (Å²) in [6, 6.07) is 24.0. The molecule has 0 spiro atoms. The third-order valence-corrected chi connectivity index (χ3v) is 6.25. The molecule has 0 heterocycles. The van der Waals surface area contributed by atoms with Gasteiger partial charge in [0.05, 0.1) is 12.7 Å². The molecule has 1 aliphatic carbocycles. The number of rotatable bonds is 5. The van der Waals surface area contributed by atoms with Crippen molar-refractivity contribution in [2.24, 2.45) is 0 Å². The highest BCUT2D eigenvalue weighted by Gasteiger charge is 2.35. The molecule has 154 valence electrons. The number of hydrogen-bond donors (Lipinski definition) is 0. The molecule has 0 aliphatic heterocycles. The summed E-state index contributed by atoms with van der Waals surface area (Å²) in [5.41, 5.74) is 4.29. The van der Waals surface area contributed by atoms with E-state index in [9.17, 15) is 4.79 Å². The number of carbonyl (C=O) groups is 1. The molecule has 3 aromatic carbocycles. The summed E-state index contributed by atoms with van der Waals surface area (Å²) in [5.74, 6) is 1.12. The van der Waals surface area contributed by atoms with Crippen molar-refractivity contribution in [2.45, 2.75) is 44.4 Å². The summed E-state index contributed by atoms with van der Waals surface area (Å²) in [6.07, 6.45) is 5.97. The quantitative estimate of drug-likeness (QED) is 0.363. The van der Waals surface area contributed by atoms with Crippen molar-refractivity contribution in [2.75, 3.05) is 7.11 Å². The fraction of sp³-hybridized carbons (Fsp3) is 0.296. The van der Waals surface area contributed by atoms with Gasteiger partial charge in [-0.15, -0.1) is 0 Å². The summed E-state index contributed by atoms with van der Waals surface area (Å²) in [7, 11) is 1.70. The van der Waals surface area contributed by atoms with Crippen molar-refractivity contribution in [1.82, 2.24) is 0 Å². The lowest BCUT2D eigenvalue weighted by Crippen LogP contribution is -2.30. The zero-order chi connectivity index (χ0) is 21.0. The van der Waals surface area contributed by atoms with Gasteiger partial charge in [-0.3, -0.25) is 0 Å². The van der Waals surface area contributed by atoms with Gasteiger partial charge >= 0.3 is 5.97 Å². The first-order chi connectivity index (χ1) is 14.6. The first-order valence-electron chi connectivity index (χ1n) is 10.6. The van der Waals surface area contributed by atoms with Crippen molar-refractivity contribution >= 4 is 5.97 Å². The maximum absolute atomic E-state index is 12.4. The Bertz CT molecular complexity index is 980. The molecule has 3 heteroatoms. The smallest absolute Gasteiger partial charge is 0.343 e. The van der Waals surface area contributed by atoms with E-state index in [0.717, 1.165) is 24.2 Å². The largest absolute Gasteiger partial charge is 0.497 e. The lowest BCUT2D eigenvalue weighted by molar-refractivity contribution is 0.0734. The maximum Gasteiger partial charge on any atom is 0.343 e. The van der Waals surface area contributed by atoms with Gasteiger partial charge in [0.15, 0.2) is 0 Å². The van der Waals surface area contributed by atoms with Crippen molar-refractivity contribution in [1.29, 1.82) is 0 Å². The highest BCUT2D eigenvalue weighted by atomic mass is 16.5. The van der Waals surface area contributed by atoms with E-state index in [1.165, 1.54) is 30.4 Å². The standard InChI is InChI=1S/C27H28O3/c1-20-6-8-21(9-7-20)26(28)30-25-16-12-23(13-17-25)27(18-4-3-5-19-27)22-10-14-24(29-2)15-11-22/h6-17H,3-5,18-19H2,1-2H3. The van der Waals surface area contributed by atoms with Gasteiger partial charge in [0.2, 0.25) is 0 Å². The first-order valence-corrected chi connectivity index (χ1v) is 10.6. The average molecular weight is 401 g/mol. The molecule has 0 unspecified atom stereocenters. The van der Waals surface area contributed by atoms with Crippen LogP contribution in [-0.2, 0) is 5.41 Å². The van der Waals surface area contributed by atoms with Crippen LogP contribution in [0.15, 0.2) is 72.8 Å². The number of carbonyl (C=O) groups excluding carboxylic acids is 1. The lowest BCUT2D eigenvalue weighted by Gasteiger charge is -2.38. The van der Waals surface area contributed by atoms with Crippen molar-refractivity contribution in [3.63, 3.8) is 0 Å². The van der Waals surface area contributed by atoms with Gasteiger partial charge in [0, 0.05) is 5.41 Å². The summed E-state index contributed by atoms with van der Waals surface area (Å²) >= 11 is 0. The second-order valence-corrected chi connectivity index (χ2v) is 8.15. The minimum Gasteiger partial charge on any atom is -0.497 e. The minimum atomic E-state index is -0.328. The molecule has 0 radical (unpaired) electrons. The number of hydrogen-bond acceptors (Lipinski definition) is 3. The molecule has 1 fully saturated rings. The Balaban J connectivity index is 1.58. The Morgan fingerprint density at radius 1 is 0.733 bits per heavy atom. The third-order valence-electron chi connectivity index (χ3n) is 6.25. The highest BCUT2D eigenvalue weighted by molar-refractivity contribution is 5.91. The van der Waals surface area contributed by atoms with Gasteiger partial charge in [0.1, 0.15) is 11.5 Å². The van der Waals surface area contributed by atoms with Gasteiger partial charge < -0.3 is 9.47 Å². The summed E-state index contributed by atoms with van der Waals surface area (Å²) < 4.78 is 10.9. The van der Waals surface area contributed by atoms with Crippen LogP contribution >= 0.6 is 0 Å². The van der Waals surface area contributed by atoms with E-state index in [4.69, 9.17) is 9.47 Å². The van der Waals surface area contributed by atoms with Crippen LogP contribution in [0.1, 0.15) is 59.2 Å². The van der Waals surface area contributed by atoms with Crippen LogP contribution < -0.4 is 9.47 Å². The molecule has 4 rings (SSSR count). The summed E-state index contributed by atoms with van der Waals surface area (Å²) in [5, 5.41) is 0. The third kappa shape index (κ3) is 4.11. The van der Waals surface area contributed by atoms with Gasteiger partial charge in [-0.2, -0.15) is 0 Å². The summed E-state index contributed by atoms with van der Waals surface area (Å²) in [6.45, 7) is 2.00.